The molecule has 2 aliphatic heterocycles. The van der Waals surface area contributed by atoms with Crippen molar-refractivity contribution in [2.75, 3.05) is 13.6 Å². The zero-order chi connectivity index (χ0) is 21.9. The van der Waals surface area contributed by atoms with Gasteiger partial charge in [0, 0.05) is 0 Å². The molecule has 3 aromatic rings. The summed E-state index contributed by atoms with van der Waals surface area (Å²) in [5, 5.41) is 0. The Kier molecular flexibility index (Phi) is 5.25. The van der Waals surface area contributed by atoms with Gasteiger partial charge in [-0.2, -0.15) is 0 Å². The van der Waals surface area contributed by atoms with Crippen LogP contribution in [0.3, 0.4) is 0 Å². The molecule has 0 spiro atoms. The first kappa shape index (κ1) is 19.7. The summed E-state index contributed by atoms with van der Waals surface area (Å²) < 4.78 is 31.7. The normalized spacial score (nSPS) is 13.0. The van der Waals surface area contributed by atoms with Gasteiger partial charge in [-0.1, -0.05) is 24.3 Å². The Bertz CT molecular complexity index is 1080. The molecule has 3 aromatic carbocycles. The summed E-state index contributed by atoms with van der Waals surface area (Å²) in [6, 6.07) is 17.1. The molecule has 0 bridgehead atoms. The third kappa shape index (κ3) is 4.15. The highest BCUT2D eigenvalue weighted by Crippen LogP contribution is 2.33. The summed E-state index contributed by atoms with van der Waals surface area (Å²) in [7, 11) is 0. The highest BCUT2D eigenvalue weighted by Gasteiger charge is 2.18. The Labute approximate surface area is 183 Å². The SMILES string of the molecule is O=C(OCc1ccc(COC(=O)c2ccc3c(c2)OCO3)cc1)c1ccc2c(c1)OCO2. The topological polar surface area (TPSA) is 89.5 Å². The second-order valence-electron chi connectivity index (χ2n) is 7.10. The minimum absolute atomic E-state index is 0.116. The van der Waals surface area contributed by atoms with Gasteiger partial charge < -0.3 is 28.4 Å². The number of hydrogen-bond acceptors (Lipinski definition) is 8. The second-order valence-corrected chi connectivity index (χ2v) is 7.10. The van der Waals surface area contributed by atoms with Gasteiger partial charge in [0.2, 0.25) is 13.6 Å². The van der Waals surface area contributed by atoms with Crippen LogP contribution in [0.15, 0.2) is 60.7 Å². The summed E-state index contributed by atoms with van der Waals surface area (Å²) in [6.45, 7) is 0.521. The van der Waals surface area contributed by atoms with Gasteiger partial charge in [-0.05, 0) is 47.5 Å². The van der Waals surface area contributed by atoms with E-state index >= 15 is 0 Å². The Morgan fingerprint density at radius 1 is 0.594 bits per heavy atom. The van der Waals surface area contributed by atoms with Crippen LogP contribution in [0.4, 0.5) is 0 Å². The van der Waals surface area contributed by atoms with Crippen LogP contribution in [-0.2, 0) is 22.7 Å². The average Bonchev–Trinajstić information content (AvgIpc) is 3.49. The number of benzene rings is 3. The van der Waals surface area contributed by atoms with E-state index in [9.17, 15) is 9.59 Å². The van der Waals surface area contributed by atoms with E-state index in [-0.39, 0.29) is 26.8 Å². The first-order valence-electron chi connectivity index (χ1n) is 9.87. The summed E-state index contributed by atoms with van der Waals surface area (Å²) in [6.07, 6.45) is 0. The van der Waals surface area contributed by atoms with Crippen molar-refractivity contribution in [3.63, 3.8) is 0 Å². The van der Waals surface area contributed by atoms with Gasteiger partial charge in [-0.3, -0.25) is 0 Å². The van der Waals surface area contributed by atoms with Crippen molar-refractivity contribution in [2.24, 2.45) is 0 Å². The molecule has 32 heavy (non-hydrogen) atoms. The quantitative estimate of drug-likeness (QED) is 0.541. The van der Waals surface area contributed by atoms with E-state index in [1.165, 1.54) is 0 Å². The fraction of sp³-hybridized carbons (Fsp3) is 0.167. The third-order valence-corrected chi connectivity index (χ3v) is 4.98. The fourth-order valence-corrected chi connectivity index (χ4v) is 3.24. The molecule has 2 aliphatic rings. The highest BCUT2D eigenvalue weighted by atomic mass is 16.7. The molecule has 0 aliphatic carbocycles. The van der Waals surface area contributed by atoms with E-state index in [2.05, 4.69) is 0 Å². The molecule has 162 valence electrons. The molecule has 5 rings (SSSR count). The number of hydrogen-bond donors (Lipinski definition) is 0. The fourth-order valence-electron chi connectivity index (χ4n) is 3.24. The zero-order valence-electron chi connectivity index (χ0n) is 16.9. The van der Waals surface area contributed by atoms with E-state index in [1.807, 2.05) is 24.3 Å². The first-order chi connectivity index (χ1) is 15.7. The predicted molar refractivity (Wildman–Crippen MR) is 110 cm³/mol. The number of carbonyl (C=O) groups is 2. The van der Waals surface area contributed by atoms with Crippen molar-refractivity contribution >= 4 is 11.9 Å². The molecule has 0 radical (unpaired) electrons. The molecule has 0 atom stereocenters. The van der Waals surface area contributed by atoms with Crippen LogP contribution in [0, 0.1) is 0 Å². The minimum Gasteiger partial charge on any atom is -0.457 e. The van der Waals surface area contributed by atoms with E-state index in [0.29, 0.717) is 34.1 Å². The lowest BCUT2D eigenvalue weighted by molar-refractivity contribution is 0.0460. The molecule has 0 aromatic heterocycles. The summed E-state index contributed by atoms with van der Waals surface area (Å²) in [5.41, 5.74) is 2.40. The molecule has 0 amide bonds. The van der Waals surface area contributed by atoms with Crippen LogP contribution < -0.4 is 18.9 Å². The van der Waals surface area contributed by atoms with Crippen molar-refractivity contribution in [1.82, 2.24) is 0 Å². The lowest BCUT2D eigenvalue weighted by atomic mass is 10.1. The number of rotatable bonds is 6. The Morgan fingerprint density at radius 3 is 1.44 bits per heavy atom. The maximum absolute atomic E-state index is 12.3. The van der Waals surface area contributed by atoms with Crippen molar-refractivity contribution in [3.05, 3.63) is 82.9 Å². The van der Waals surface area contributed by atoms with Crippen LogP contribution in [0.5, 0.6) is 23.0 Å². The van der Waals surface area contributed by atoms with E-state index in [4.69, 9.17) is 28.4 Å². The summed E-state index contributed by atoms with van der Waals surface area (Å²) in [5.74, 6) is 1.36. The molecule has 0 saturated carbocycles. The van der Waals surface area contributed by atoms with Crippen molar-refractivity contribution < 1.29 is 38.0 Å². The second kappa shape index (κ2) is 8.50. The van der Waals surface area contributed by atoms with Crippen molar-refractivity contribution in [2.45, 2.75) is 13.2 Å². The minimum atomic E-state index is -0.454. The van der Waals surface area contributed by atoms with Gasteiger partial charge in [0.15, 0.2) is 23.0 Å². The van der Waals surface area contributed by atoms with Crippen LogP contribution in [-0.4, -0.2) is 25.5 Å². The maximum atomic E-state index is 12.3. The molecular weight excluding hydrogens is 416 g/mol. The van der Waals surface area contributed by atoms with Crippen LogP contribution in [0.1, 0.15) is 31.8 Å². The van der Waals surface area contributed by atoms with Crippen LogP contribution >= 0.6 is 0 Å². The Hall–Kier alpha value is -4.20. The maximum Gasteiger partial charge on any atom is 0.338 e. The summed E-state index contributed by atoms with van der Waals surface area (Å²) in [4.78, 5) is 24.5. The van der Waals surface area contributed by atoms with Gasteiger partial charge in [-0.15, -0.1) is 0 Å². The van der Waals surface area contributed by atoms with Gasteiger partial charge in [0.05, 0.1) is 11.1 Å². The number of fused-ring (bicyclic) bond motifs is 2. The van der Waals surface area contributed by atoms with Gasteiger partial charge in [-0.25, -0.2) is 9.59 Å². The average molecular weight is 434 g/mol. The molecule has 0 N–H and O–H groups in total. The molecule has 8 heteroatoms. The lowest BCUT2D eigenvalue weighted by Gasteiger charge is -2.08. The first-order valence-corrected chi connectivity index (χ1v) is 9.87. The van der Waals surface area contributed by atoms with Crippen molar-refractivity contribution in [3.8, 4) is 23.0 Å². The Balaban J connectivity index is 1.12. The standard InChI is InChI=1S/C24H18O8/c25-23(17-5-7-19-21(9-17)31-13-29-19)27-11-15-1-2-16(4-3-15)12-28-24(26)18-6-8-20-22(10-18)32-14-30-20/h1-10H,11-14H2. The molecule has 0 unspecified atom stereocenters. The Morgan fingerprint density at radius 2 is 1.00 bits per heavy atom. The zero-order valence-corrected chi connectivity index (χ0v) is 16.9. The monoisotopic (exact) mass is 434 g/mol. The van der Waals surface area contributed by atoms with E-state index in [1.54, 1.807) is 36.4 Å². The van der Waals surface area contributed by atoms with Gasteiger partial charge in [0.1, 0.15) is 13.2 Å². The van der Waals surface area contributed by atoms with Crippen LogP contribution in [0.2, 0.25) is 0 Å². The largest absolute Gasteiger partial charge is 0.457 e. The molecule has 0 fully saturated rings. The molecule has 8 nitrogen and oxygen atoms in total. The van der Waals surface area contributed by atoms with Crippen molar-refractivity contribution in [1.29, 1.82) is 0 Å². The third-order valence-electron chi connectivity index (χ3n) is 4.98. The molecule has 2 heterocycles. The molecule has 0 saturated heterocycles. The van der Waals surface area contributed by atoms with Gasteiger partial charge >= 0.3 is 11.9 Å². The number of esters is 2. The highest BCUT2D eigenvalue weighted by molar-refractivity contribution is 5.90. The van der Waals surface area contributed by atoms with Crippen LogP contribution in [0.25, 0.3) is 0 Å². The van der Waals surface area contributed by atoms with Gasteiger partial charge in [0.25, 0.3) is 0 Å². The number of carbonyl (C=O) groups excluding carboxylic acids is 2. The van der Waals surface area contributed by atoms with E-state index in [0.717, 1.165) is 11.1 Å². The molecular formula is C24H18O8. The smallest absolute Gasteiger partial charge is 0.338 e. The number of ether oxygens (including phenoxy) is 6. The lowest BCUT2D eigenvalue weighted by Crippen LogP contribution is -2.06. The predicted octanol–water partition coefficient (Wildman–Crippen LogP) is 3.86. The summed E-state index contributed by atoms with van der Waals surface area (Å²) >= 11 is 0. The van der Waals surface area contributed by atoms with E-state index < -0.39 is 11.9 Å².